The van der Waals surface area contributed by atoms with E-state index in [9.17, 15) is 4.79 Å². The maximum absolute atomic E-state index is 11.8. The lowest BCUT2D eigenvalue weighted by Crippen LogP contribution is -2.38. The van der Waals surface area contributed by atoms with E-state index in [2.05, 4.69) is 12.2 Å². The highest BCUT2D eigenvalue weighted by Gasteiger charge is 2.32. The van der Waals surface area contributed by atoms with E-state index in [-0.39, 0.29) is 18.1 Å². The highest BCUT2D eigenvalue weighted by molar-refractivity contribution is 5.76. The Bertz CT molecular complexity index is 224. The number of hydrogen-bond acceptors (Lipinski definition) is 3. The second-order valence-corrected chi connectivity index (χ2v) is 4.89. The summed E-state index contributed by atoms with van der Waals surface area (Å²) in [5.41, 5.74) is 0. The fourth-order valence-corrected chi connectivity index (χ4v) is 2.57. The lowest BCUT2D eigenvalue weighted by molar-refractivity contribution is -0.153. The second-order valence-electron chi connectivity index (χ2n) is 4.89. The molecule has 2 rings (SSSR count). The first kappa shape index (κ1) is 10.9. The molecule has 0 aromatic rings. The third-order valence-electron chi connectivity index (χ3n) is 3.62. The van der Waals surface area contributed by atoms with Crippen LogP contribution >= 0.6 is 0 Å². The van der Waals surface area contributed by atoms with E-state index in [1.165, 1.54) is 19.3 Å². The van der Waals surface area contributed by atoms with E-state index in [1.807, 2.05) is 0 Å². The Balaban J connectivity index is 1.80. The summed E-state index contributed by atoms with van der Waals surface area (Å²) in [6, 6.07) is -0.0491. The molecule has 0 aromatic heterocycles. The van der Waals surface area contributed by atoms with E-state index < -0.39 is 0 Å². The van der Waals surface area contributed by atoms with Gasteiger partial charge in [-0.1, -0.05) is 13.3 Å². The van der Waals surface area contributed by atoms with Crippen molar-refractivity contribution in [3.05, 3.63) is 0 Å². The van der Waals surface area contributed by atoms with Crippen LogP contribution in [0.1, 0.15) is 45.4 Å². The van der Waals surface area contributed by atoms with Crippen LogP contribution in [0, 0.1) is 5.92 Å². The van der Waals surface area contributed by atoms with Gasteiger partial charge in [-0.3, -0.25) is 4.79 Å². The minimum atomic E-state index is -0.0491. The number of esters is 1. The molecule has 1 saturated carbocycles. The highest BCUT2D eigenvalue weighted by atomic mass is 16.5. The fourth-order valence-electron chi connectivity index (χ4n) is 2.57. The van der Waals surface area contributed by atoms with E-state index in [0.29, 0.717) is 5.92 Å². The molecule has 2 aliphatic rings. The van der Waals surface area contributed by atoms with Gasteiger partial charge in [-0.2, -0.15) is 0 Å². The maximum Gasteiger partial charge on any atom is 0.323 e. The van der Waals surface area contributed by atoms with E-state index in [0.717, 1.165) is 25.8 Å². The zero-order valence-electron chi connectivity index (χ0n) is 9.50. The third-order valence-corrected chi connectivity index (χ3v) is 3.62. The molecule has 15 heavy (non-hydrogen) atoms. The molecule has 1 N–H and O–H groups in total. The van der Waals surface area contributed by atoms with Crippen LogP contribution in [0.15, 0.2) is 0 Å². The van der Waals surface area contributed by atoms with Gasteiger partial charge in [-0.15, -0.1) is 0 Å². The van der Waals surface area contributed by atoms with E-state index in [4.69, 9.17) is 4.74 Å². The molecule has 1 aliphatic carbocycles. The van der Waals surface area contributed by atoms with Crippen molar-refractivity contribution in [3.63, 3.8) is 0 Å². The van der Waals surface area contributed by atoms with E-state index in [1.54, 1.807) is 0 Å². The molecule has 0 amide bonds. The first-order valence-corrected chi connectivity index (χ1v) is 6.21. The van der Waals surface area contributed by atoms with Crippen LogP contribution in [-0.2, 0) is 9.53 Å². The summed E-state index contributed by atoms with van der Waals surface area (Å²) in [6.07, 6.45) is 7.13. The van der Waals surface area contributed by atoms with Gasteiger partial charge in [0.2, 0.25) is 0 Å². The summed E-state index contributed by atoms with van der Waals surface area (Å²) in [5, 5.41) is 3.22. The maximum atomic E-state index is 11.8. The van der Waals surface area contributed by atoms with Gasteiger partial charge in [0.15, 0.2) is 0 Å². The average molecular weight is 211 g/mol. The molecule has 1 aliphatic heterocycles. The molecule has 1 saturated heterocycles. The summed E-state index contributed by atoms with van der Waals surface area (Å²) in [5.74, 6) is 0.410. The number of rotatable bonds is 2. The van der Waals surface area contributed by atoms with Gasteiger partial charge in [0.05, 0.1) is 0 Å². The molecule has 1 heterocycles. The first-order valence-electron chi connectivity index (χ1n) is 6.21. The Morgan fingerprint density at radius 2 is 1.93 bits per heavy atom. The Kier molecular flexibility index (Phi) is 3.62. The Morgan fingerprint density at radius 3 is 2.53 bits per heavy atom. The molecular weight excluding hydrogens is 190 g/mol. The molecule has 2 unspecified atom stereocenters. The van der Waals surface area contributed by atoms with Gasteiger partial charge in [0.25, 0.3) is 0 Å². The highest BCUT2D eigenvalue weighted by Crippen LogP contribution is 2.22. The van der Waals surface area contributed by atoms with Gasteiger partial charge >= 0.3 is 5.97 Å². The van der Waals surface area contributed by atoms with Crippen molar-refractivity contribution in [1.82, 2.24) is 5.32 Å². The molecule has 0 spiro atoms. The number of carbonyl (C=O) groups excluding carboxylic acids is 1. The van der Waals surface area contributed by atoms with Crippen molar-refractivity contribution in [2.75, 3.05) is 6.54 Å². The summed E-state index contributed by atoms with van der Waals surface area (Å²) in [4.78, 5) is 11.8. The van der Waals surface area contributed by atoms with Gasteiger partial charge in [-0.25, -0.2) is 0 Å². The molecule has 3 nitrogen and oxygen atoms in total. The number of hydrogen-bond donors (Lipinski definition) is 1. The van der Waals surface area contributed by atoms with Crippen molar-refractivity contribution in [1.29, 1.82) is 0 Å². The van der Waals surface area contributed by atoms with Gasteiger partial charge < -0.3 is 10.1 Å². The van der Waals surface area contributed by atoms with Crippen molar-refractivity contribution in [2.24, 2.45) is 5.92 Å². The van der Waals surface area contributed by atoms with Crippen molar-refractivity contribution in [2.45, 2.75) is 57.6 Å². The van der Waals surface area contributed by atoms with Crippen LogP contribution < -0.4 is 5.32 Å². The predicted octanol–water partition coefficient (Wildman–Crippen LogP) is 1.86. The lowest BCUT2D eigenvalue weighted by atomic mass is 9.97. The number of nitrogens with one attached hydrogen (secondary N) is 1. The molecule has 2 fully saturated rings. The molecule has 0 aromatic carbocycles. The quantitative estimate of drug-likeness (QED) is 0.708. The number of carbonyl (C=O) groups is 1. The molecule has 3 heteroatoms. The van der Waals surface area contributed by atoms with Crippen LogP contribution in [0.3, 0.4) is 0 Å². The van der Waals surface area contributed by atoms with Crippen LogP contribution in [0.25, 0.3) is 0 Å². The summed E-state index contributed by atoms with van der Waals surface area (Å²) in [6.45, 7) is 3.07. The summed E-state index contributed by atoms with van der Waals surface area (Å²) < 4.78 is 5.54. The average Bonchev–Trinajstić information content (AvgIpc) is 2.66. The van der Waals surface area contributed by atoms with Crippen LogP contribution in [0.5, 0.6) is 0 Å². The molecule has 0 radical (unpaired) electrons. The molecule has 2 atom stereocenters. The Hall–Kier alpha value is -0.570. The van der Waals surface area contributed by atoms with E-state index >= 15 is 0 Å². The SMILES string of the molecule is CC1CCNC1C(=O)OC1CCCCC1. The summed E-state index contributed by atoms with van der Waals surface area (Å²) in [7, 11) is 0. The lowest BCUT2D eigenvalue weighted by Gasteiger charge is -2.24. The standard InChI is InChI=1S/C12H21NO2/c1-9-7-8-13-11(9)12(14)15-10-5-3-2-4-6-10/h9-11,13H,2-8H2,1H3. The van der Waals surface area contributed by atoms with Crippen LogP contribution in [-0.4, -0.2) is 24.7 Å². The minimum absolute atomic E-state index is 0.0214. The smallest absolute Gasteiger partial charge is 0.323 e. The van der Waals surface area contributed by atoms with Gasteiger partial charge in [0.1, 0.15) is 12.1 Å². The van der Waals surface area contributed by atoms with Crippen molar-refractivity contribution in [3.8, 4) is 0 Å². The zero-order valence-corrected chi connectivity index (χ0v) is 9.50. The van der Waals surface area contributed by atoms with Crippen molar-refractivity contribution >= 4 is 5.97 Å². The summed E-state index contributed by atoms with van der Waals surface area (Å²) >= 11 is 0. The third kappa shape index (κ3) is 2.71. The predicted molar refractivity (Wildman–Crippen MR) is 58.5 cm³/mol. The number of ether oxygens (including phenoxy) is 1. The van der Waals surface area contributed by atoms with Gasteiger partial charge in [-0.05, 0) is 44.6 Å². The van der Waals surface area contributed by atoms with Crippen LogP contribution in [0.2, 0.25) is 0 Å². The fraction of sp³-hybridized carbons (Fsp3) is 0.917. The second kappa shape index (κ2) is 4.97. The molecule has 0 bridgehead atoms. The monoisotopic (exact) mass is 211 g/mol. The van der Waals surface area contributed by atoms with Gasteiger partial charge in [0, 0.05) is 0 Å². The molecular formula is C12H21NO2. The normalized spacial score (nSPS) is 32.9. The Labute approximate surface area is 91.6 Å². The molecule has 86 valence electrons. The topological polar surface area (TPSA) is 38.3 Å². The Morgan fingerprint density at radius 1 is 1.20 bits per heavy atom. The zero-order chi connectivity index (χ0) is 10.7. The van der Waals surface area contributed by atoms with Crippen LogP contribution in [0.4, 0.5) is 0 Å². The largest absolute Gasteiger partial charge is 0.461 e. The first-order chi connectivity index (χ1) is 7.27. The van der Waals surface area contributed by atoms with Crippen molar-refractivity contribution < 1.29 is 9.53 Å². The minimum Gasteiger partial charge on any atom is -0.461 e.